The molecule has 1 nitrogen and oxygen atoms in total. The quantitative estimate of drug-likeness (QED) is 0.775. The van der Waals surface area contributed by atoms with Crippen LogP contribution >= 0.6 is 11.8 Å². The highest BCUT2D eigenvalue weighted by Gasteiger charge is 2.22. The van der Waals surface area contributed by atoms with Crippen molar-refractivity contribution >= 4 is 11.8 Å². The highest BCUT2D eigenvalue weighted by molar-refractivity contribution is 7.99. The number of nitrogens with one attached hydrogen (secondary N) is 1. The minimum Gasteiger partial charge on any atom is -0.307 e. The van der Waals surface area contributed by atoms with Crippen LogP contribution < -0.4 is 5.32 Å². The van der Waals surface area contributed by atoms with Crippen molar-refractivity contribution in [3.05, 3.63) is 29.8 Å². The minimum atomic E-state index is 0.557. The third-order valence-electron chi connectivity index (χ3n) is 2.23. The second-order valence-corrected chi connectivity index (χ2v) is 4.78. The summed E-state index contributed by atoms with van der Waals surface area (Å²) in [4.78, 5) is 1.45. The summed E-state index contributed by atoms with van der Waals surface area (Å²) >= 11 is 1.96. The van der Waals surface area contributed by atoms with E-state index in [1.165, 1.54) is 16.2 Å². The minimum absolute atomic E-state index is 0.557. The molecule has 0 radical (unpaired) electrons. The molecule has 70 valence electrons. The van der Waals surface area contributed by atoms with Crippen LogP contribution in [-0.2, 0) is 0 Å². The van der Waals surface area contributed by atoms with Crippen molar-refractivity contribution in [2.75, 3.05) is 5.75 Å². The summed E-state index contributed by atoms with van der Waals surface area (Å²) in [6.45, 7) is 4.40. The van der Waals surface area contributed by atoms with Gasteiger partial charge in [0.05, 0.1) is 0 Å². The first kappa shape index (κ1) is 9.10. The number of hydrogen-bond donors (Lipinski definition) is 1. The molecule has 2 heteroatoms. The van der Waals surface area contributed by atoms with E-state index in [0.717, 1.165) is 0 Å². The maximum absolute atomic E-state index is 3.58. The largest absolute Gasteiger partial charge is 0.307 e. The van der Waals surface area contributed by atoms with E-state index >= 15 is 0 Å². The third kappa shape index (κ3) is 1.89. The Kier molecular flexibility index (Phi) is 2.61. The van der Waals surface area contributed by atoms with Crippen molar-refractivity contribution in [3.8, 4) is 0 Å². The topological polar surface area (TPSA) is 12.0 Å². The van der Waals surface area contributed by atoms with Crippen LogP contribution in [-0.4, -0.2) is 11.8 Å². The molecule has 0 amide bonds. The monoisotopic (exact) mass is 193 g/mol. The Labute approximate surface area is 83.9 Å². The summed E-state index contributed by atoms with van der Waals surface area (Å²) in [5.74, 6) is 1.18. The molecular formula is C11H15NS. The zero-order chi connectivity index (χ0) is 9.26. The predicted octanol–water partition coefficient (Wildman–Crippen LogP) is 2.83. The van der Waals surface area contributed by atoms with E-state index in [-0.39, 0.29) is 0 Å². The van der Waals surface area contributed by atoms with Crippen LogP contribution in [0.5, 0.6) is 0 Å². The van der Waals surface area contributed by atoms with Gasteiger partial charge in [-0.3, -0.25) is 0 Å². The second-order valence-electron chi connectivity index (χ2n) is 3.72. The van der Waals surface area contributed by atoms with Crippen LogP contribution in [0.1, 0.15) is 25.5 Å². The van der Waals surface area contributed by atoms with Crippen LogP contribution in [0, 0.1) is 0 Å². The summed E-state index contributed by atoms with van der Waals surface area (Å²) in [7, 11) is 0. The van der Waals surface area contributed by atoms with E-state index in [4.69, 9.17) is 0 Å². The molecule has 0 saturated carbocycles. The molecule has 0 bridgehead atoms. The lowest BCUT2D eigenvalue weighted by Crippen LogP contribution is -2.27. The summed E-state index contributed by atoms with van der Waals surface area (Å²) in [6.07, 6.45) is 0. The average Bonchev–Trinajstić information content (AvgIpc) is 2.48. The lowest BCUT2D eigenvalue weighted by molar-refractivity contribution is 0.513. The van der Waals surface area contributed by atoms with Crippen molar-refractivity contribution in [2.45, 2.75) is 30.8 Å². The van der Waals surface area contributed by atoms with Crippen molar-refractivity contribution < 1.29 is 0 Å². The van der Waals surface area contributed by atoms with Gasteiger partial charge in [-0.2, -0.15) is 0 Å². The van der Waals surface area contributed by atoms with Crippen molar-refractivity contribution in [3.63, 3.8) is 0 Å². The molecule has 1 aromatic rings. The van der Waals surface area contributed by atoms with E-state index in [9.17, 15) is 0 Å². The van der Waals surface area contributed by atoms with Crippen molar-refractivity contribution in [1.82, 2.24) is 5.32 Å². The van der Waals surface area contributed by atoms with E-state index in [0.29, 0.717) is 12.1 Å². The number of fused-ring (bicyclic) bond motifs is 1. The fourth-order valence-electron chi connectivity index (χ4n) is 1.70. The highest BCUT2D eigenvalue weighted by atomic mass is 32.2. The summed E-state index contributed by atoms with van der Waals surface area (Å²) < 4.78 is 0. The maximum Gasteiger partial charge on any atom is 0.0428 e. The SMILES string of the molecule is CC(C)NC1CSc2ccccc21. The van der Waals surface area contributed by atoms with E-state index in [1.807, 2.05) is 11.8 Å². The van der Waals surface area contributed by atoms with Gasteiger partial charge in [-0.1, -0.05) is 32.0 Å². The summed E-state index contributed by atoms with van der Waals surface area (Å²) in [5, 5.41) is 3.58. The molecule has 1 N–H and O–H groups in total. The molecule has 1 heterocycles. The molecule has 0 aromatic heterocycles. The Morgan fingerprint density at radius 2 is 2.15 bits per heavy atom. The molecule has 13 heavy (non-hydrogen) atoms. The lowest BCUT2D eigenvalue weighted by atomic mass is 10.1. The van der Waals surface area contributed by atoms with Gasteiger partial charge in [-0.05, 0) is 11.6 Å². The predicted molar refractivity (Wildman–Crippen MR) is 58.2 cm³/mol. The molecule has 0 aliphatic carbocycles. The van der Waals surface area contributed by atoms with E-state index in [1.54, 1.807) is 0 Å². The second kappa shape index (κ2) is 3.72. The first-order valence-corrected chi connectivity index (χ1v) is 5.73. The molecular weight excluding hydrogens is 178 g/mol. The van der Waals surface area contributed by atoms with Crippen LogP contribution in [0.2, 0.25) is 0 Å². The normalized spacial score (nSPS) is 20.7. The van der Waals surface area contributed by atoms with Gasteiger partial charge < -0.3 is 5.32 Å². The maximum atomic E-state index is 3.58. The first-order chi connectivity index (χ1) is 6.27. The van der Waals surface area contributed by atoms with Crippen LogP contribution in [0.3, 0.4) is 0 Å². The van der Waals surface area contributed by atoms with Gasteiger partial charge in [-0.25, -0.2) is 0 Å². The Morgan fingerprint density at radius 1 is 1.38 bits per heavy atom. The van der Waals surface area contributed by atoms with Crippen LogP contribution in [0.25, 0.3) is 0 Å². The molecule has 0 spiro atoms. The molecule has 1 aliphatic rings. The summed E-state index contributed by atoms with van der Waals surface area (Å²) in [6, 6.07) is 9.80. The fraction of sp³-hybridized carbons (Fsp3) is 0.455. The molecule has 0 fully saturated rings. The molecule has 1 aromatic carbocycles. The summed E-state index contributed by atoms with van der Waals surface area (Å²) in [5.41, 5.74) is 1.47. The van der Waals surface area contributed by atoms with Gasteiger partial charge in [0.2, 0.25) is 0 Å². The smallest absolute Gasteiger partial charge is 0.0428 e. The highest BCUT2D eigenvalue weighted by Crippen LogP contribution is 2.37. The van der Waals surface area contributed by atoms with Gasteiger partial charge in [0, 0.05) is 22.7 Å². The molecule has 1 atom stereocenters. The number of thioether (sulfide) groups is 1. The van der Waals surface area contributed by atoms with Gasteiger partial charge in [0.1, 0.15) is 0 Å². The molecule has 1 aliphatic heterocycles. The Hall–Kier alpha value is -0.470. The van der Waals surface area contributed by atoms with Gasteiger partial charge in [0.15, 0.2) is 0 Å². The fourth-order valence-corrected chi connectivity index (χ4v) is 2.88. The van der Waals surface area contributed by atoms with Gasteiger partial charge in [0.25, 0.3) is 0 Å². The lowest BCUT2D eigenvalue weighted by Gasteiger charge is -2.15. The van der Waals surface area contributed by atoms with E-state index < -0.39 is 0 Å². The van der Waals surface area contributed by atoms with E-state index in [2.05, 4.69) is 43.4 Å². The average molecular weight is 193 g/mol. The van der Waals surface area contributed by atoms with Gasteiger partial charge in [-0.15, -0.1) is 11.8 Å². The number of hydrogen-bond acceptors (Lipinski definition) is 2. The zero-order valence-corrected chi connectivity index (χ0v) is 8.90. The third-order valence-corrected chi connectivity index (χ3v) is 3.42. The Balaban J connectivity index is 2.18. The molecule has 0 saturated heterocycles. The molecule has 1 unspecified atom stereocenters. The van der Waals surface area contributed by atoms with Crippen LogP contribution in [0.4, 0.5) is 0 Å². The van der Waals surface area contributed by atoms with Crippen LogP contribution in [0.15, 0.2) is 29.2 Å². The zero-order valence-electron chi connectivity index (χ0n) is 8.08. The Morgan fingerprint density at radius 3 is 2.92 bits per heavy atom. The number of benzene rings is 1. The molecule has 2 rings (SSSR count). The Bertz CT molecular complexity index is 296. The first-order valence-electron chi connectivity index (χ1n) is 4.75. The van der Waals surface area contributed by atoms with Gasteiger partial charge >= 0.3 is 0 Å². The van der Waals surface area contributed by atoms with Crippen molar-refractivity contribution in [2.24, 2.45) is 0 Å². The van der Waals surface area contributed by atoms with Crippen molar-refractivity contribution in [1.29, 1.82) is 0 Å². The number of rotatable bonds is 2. The standard InChI is InChI=1S/C11H15NS/c1-8(2)12-10-7-13-11-6-4-3-5-9(10)11/h3-6,8,10,12H,7H2,1-2H3.